The minimum absolute atomic E-state index is 0.518. The summed E-state index contributed by atoms with van der Waals surface area (Å²) in [5.41, 5.74) is 5.60. The highest BCUT2D eigenvalue weighted by atomic mass is 16.7. The van der Waals surface area contributed by atoms with Crippen LogP contribution in [0.1, 0.15) is 12.5 Å². The number of ether oxygens (including phenoxy) is 1. The van der Waals surface area contributed by atoms with Gasteiger partial charge in [-0.3, -0.25) is 4.84 Å². The Hall–Kier alpha value is -3.18. The first-order valence-corrected chi connectivity index (χ1v) is 7.99. The first-order valence-electron chi connectivity index (χ1n) is 7.99. The van der Waals surface area contributed by atoms with Crippen molar-refractivity contribution < 1.29 is 9.57 Å². The molecule has 0 saturated heterocycles. The van der Waals surface area contributed by atoms with Gasteiger partial charge in [-0.15, -0.1) is 0 Å². The summed E-state index contributed by atoms with van der Waals surface area (Å²) in [5.74, 6) is 1.07. The van der Waals surface area contributed by atoms with Crippen LogP contribution in [0.25, 0.3) is 11.1 Å². The maximum absolute atomic E-state index is 5.75. The van der Waals surface area contributed by atoms with Crippen LogP contribution in [0.15, 0.2) is 85.3 Å². The van der Waals surface area contributed by atoms with Gasteiger partial charge in [0.05, 0.1) is 12.4 Å². The molecule has 1 aliphatic rings. The van der Waals surface area contributed by atoms with E-state index in [0.29, 0.717) is 11.6 Å². The number of nitrogens with zero attached hydrogens (tertiary/aromatic N) is 2. The number of hydroxylamine groups is 1. The first kappa shape index (κ1) is 15.4. The van der Waals surface area contributed by atoms with Gasteiger partial charge in [-0.05, 0) is 23.6 Å². The van der Waals surface area contributed by atoms with E-state index in [0.717, 1.165) is 5.56 Å². The van der Waals surface area contributed by atoms with Gasteiger partial charge in [0.1, 0.15) is 11.9 Å². The van der Waals surface area contributed by atoms with Gasteiger partial charge in [-0.25, -0.2) is 15.4 Å². The summed E-state index contributed by atoms with van der Waals surface area (Å²) in [6.07, 6.45) is 6.55. The summed E-state index contributed by atoms with van der Waals surface area (Å²) in [4.78, 5) is 13.6. The molecular weight excluding hydrogens is 314 g/mol. The summed E-state index contributed by atoms with van der Waals surface area (Å²) in [6.45, 7) is 1.98. The molecule has 1 aromatic heterocycles. The second-order valence-corrected chi connectivity index (χ2v) is 5.94. The highest BCUT2D eigenvalue weighted by Gasteiger charge is 2.33. The van der Waals surface area contributed by atoms with Crippen LogP contribution in [0.5, 0.6) is 5.75 Å². The van der Waals surface area contributed by atoms with Crippen molar-refractivity contribution in [2.75, 3.05) is 0 Å². The van der Waals surface area contributed by atoms with Crippen LogP contribution in [0.2, 0.25) is 0 Å². The van der Waals surface area contributed by atoms with E-state index in [1.807, 2.05) is 31.2 Å². The van der Waals surface area contributed by atoms with Crippen LogP contribution in [-0.2, 0) is 10.4 Å². The monoisotopic (exact) mass is 331 g/mol. The van der Waals surface area contributed by atoms with Gasteiger partial charge in [0.2, 0.25) is 5.88 Å². The third-order valence-electron chi connectivity index (χ3n) is 4.10. The Morgan fingerprint density at radius 3 is 2.32 bits per heavy atom. The van der Waals surface area contributed by atoms with Gasteiger partial charge in [0.25, 0.3) is 0 Å². The molecule has 2 heterocycles. The molecule has 5 nitrogen and oxygen atoms in total. The van der Waals surface area contributed by atoms with Crippen molar-refractivity contribution in [3.63, 3.8) is 0 Å². The number of hydrogen-bond donors (Lipinski definition) is 1. The van der Waals surface area contributed by atoms with E-state index in [-0.39, 0.29) is 0 Å². The largest absolute Gasteiger partial charge is 0.436 e. The molecule has 25 heavy (non-hydrogen) atoms. The Labute approximate surface area is 145 Å². The van der Waals surface area contributed by atoms with Crippen molar-refractivity contribution in [3.8, 4) is 16.9 Å². The Kier molecular flexibility index (Phi) is 3.91. The molecule has 0 radical (unpaired) electrons. The molecule has 0 bridgehead atoms. The quantitative estimate of drug-likeness (QED) is 0.788. The molecule has 0 spiro atoms. The van der Waals surface area contributed by atoms with Crippen LogP contribution >= 0.6 is 0 Å². The van der Waals surface area contributed by atoms with E-state index in [1.165, 1.54) is 17.5 Å². The predicted molar refractivity (Wildman–Crippen MR) is 94.2 cm³/mol. The molecule has 3 aromatic rings. The smallest absolute Gasteiger partial charge is 0.216 e. The Morgan fingerprint density at radius 2 is 1.60 bits per heavy atom. The lowest BCUT2D eigenvalue weighted by molar-refractivity contribution is -0.0401. The number of hydrogen-bond acceptors (Lipinski definition) is 5. The van der Waals surface area contributed by atoms with Crippen molar-refractivity contribution in [1.29, 1.82) is 0 Å². The molecular formula is C20H17N3O2. The third-order valence-corrected chi connectivity index (χ3v) is 4.10. The molecule has 0 unspecified atom stereocenters. The molecule has 4 rings (SSSR count). The Morgan fingerprint density at radius 1 is 0.920 bits per heavy atom. The molecule has 0 fully saturated rings. The minimum atomic E-state index is -0.611. The zero-order valence-electron chi connectivity index (χ0n) is 13.7. The average molecular weight is 331 g/mol. The number of aromatic nitrogens is 2. The SMILES string of the molecule is C[C@]1(c2ccc(-c3ccccc3)cc2)C=C(Oc2cncnc2)NO1. The van der Waals surface area contributed by atoms with Crippen LogP contribution < -0.4 is 10.2 Å². The average Bonchev–Trinajstić information content (AvgIpc) is 3.05. The predicted octanol–water partition coefficient (Wildman–Crippen LogP) is 3.81. The third kappa shape index (κ3) is 3.22. The maximum Gasteiger partial charge on any atom is 0.216 e. The zero-order valence-corrected chi connectivity index (χ0v) is 13.7. The molecule has 124 valence electrons. The molecule has 2 aromatic carbocycles. The minimum Gasteiger partial charge on any atom is -0.436 e. The van der Waals surface area contributed by atoms with Gasteiger partial charge in [0, 0.05) is 6.08 Å². The topological polar surface area (TPSA) is 56.3 Å². The van der Waals surface area contributed by atoms with Crippen molar-refractivity contribution in [1.82, 2.24) is 15.4 Å². The van der Waals surface area contributed by atoms with Gasteiger partial charge in [-0.1, -0.05) is 54.6 Å². The summed E-state index contributed by atoms with van der Waals surface area (Å²) in [7, 11) is 0. The highest BCUT2D eigenvalue weighted by molar-refractivity contribution is 5.63. The fourth-order valence-electron chi connectivity index (χ4n) is 2.75. The number of nitrogens with one attached hydrogen (secondary N) is 1. The lowest BCUT2D eigenvalue weighted by Crippen LogP contribution is -2.23. The van der Waals surface area contributed by atoms with E-state index in [1.54, 1.807) is 12.4 Å². The fraction of sp³-hybridized carbons (Fsp3) is 0.100. The van der Waals surface area contributed by atoms with Gasteiger partial charge >= 0.3 is 0 Å². The molecule has 0 saturated carbocycles. The summed E-state index contributed by atoms with van der Waals surface area (Å²) >= 11 is 0. The van der Waals surface area contributed by atoms with Gasteiger partial charge < -0.3 is 4.74 Å². The number of rotatable bonds is 4. The summed E-state index contributed by atoms with van der Waals surface area (Å²) in [5, 5.41) is 0. The van der Waals surface area contributed by atoms with Crippen molar-refractivity contribution in [2.45, 2.75) is 12.5 Å². The van der Waals surface area contributed by atoms with E-state index < -0.39 is 5.60 Å². The summed E-state index contributed by atoms with van der Waals surface area (Å²) < 4.78 is 5.69. The van der Waals surface area contributed by atoms with Crippen LogP contribution in [0.3, 0.4) is 0 Å². The van der Waals surface area contributed by atoms with E-state index in [9.17, 15) is 0 Å². The molecule has 1 atom stereocenters. The van der Waals surface area contributed by atoms with Gasteiger partial charge in [-0.2, -0.15) is 0 Å². The van der Waals surface area contributed by atoms with E-state index in [4.69, 9.17) is 9.57 Å². The molecule has 5 heteroatoms. The summed E-state index contributed by atoms with van der Waals surface area (Å²) in [6, 6.07) is 18.6. The second-order valence-electron chi connectivity index (χ2n) is 5.94. The second kappa shape index (κ2) is 6.37. The van der Waals surface area contributed by atoms with Crippen molar-refractivity contribution in [3.05, 3.63) is 90.8 Å². The highest BCUT2D eigenvalue weighted by Crippen LogP contribution is 2.33. The zero-order chi connectivity index (χ0) is 17.1. The molecule has 1 N–H and O–H groups in total. The van der Waals surface area contributed by atoms with E-state index in [2.05, 4.69) is 51.8 Å². The normalized spacial score (nSPS) is 19.2. The fourth-order valence-corrected chi connectivity index (χ4v) is 2.75. The molecule has 0 aliphatic carbocycles. The van der Waals surface area contributed by atoms with Crippen molar-refractivity contribution in [2.24, 2.45) is 0 Å². The van der Waals surface area contributed by atoms with Crippen LogP contribution in [0.4, 0.5) is 0 Å². The Balaban J connectivity index is 1.55. The number of benzene rings is 2. The lowest BCUT2D eigenvalue weighted by Gasteiger charge is -2.20. The van der Waals surface area contributed by atoms with Gasteiger partial charge in [0.15, 0.2) is 5.75 Å². The standard InChI is InChI=1S/C20H17N3O2/c1-20(11-19(23-25-20)24-18-12-21-14-22-13-18)17-9-7-16(8-10-17)15-5-3-2-4-6-15/h2-14,23H,1H3/t20-/m1/s1. The molecule has 0 amide bonds. The molecule has 1 aliphatic heterocycles. The lowest BCUT2D eigenvalue weighted by atomic mass is 9.94. The van der Waals surface area contributed by atoms with Crippen LogP contribution in [-0.4, -0.2) is 9.97 Å². The van der Waals surface area contributed by atoms with Crippen LogP contribution in [0, 0.1) is 0 Å². The first-order chi connectivity index (χ1) is 12.2. The van der Waals surface area contributed by atoms with Crippen molar-refractivity contribution >= 4 is 0 Å². The Bertz CT molecular complexity index is 880. The van der Waals surface area contributed by atoms with E-state index >= 15 is 0 Å². The maximum atomic E-state index is 5.75.